The number of aryl methyl sites for hydroxylation is 2. The average Bonchev–Trinajstić information content (AvgIpc) is 3.09. The molecular formula is C22H24BrN3O2. The molecule has 0 aliphatic heterocycles. The molecule has 3 rings (SSSR count). The van der Waals surface area contributed by atoms with Gasteiger partial charge in [-0.2, -0.15) is 5.10 Å². The van der Waals surface area contributed by atoms with Crippen molar-refractivity contribution in [1.29, 1.82) is 0 Å². The second-order valence-corrected chi connectivity index (χ2v) is 7.58. The van der Waals surface area contributed by atoms with Crippen LogP contribution < -0.4 is 10.1 Å². The van der Waals surface area contributed by atoms with Gasteiger partial charge >= 0.3 is 0 Å². The number of ether oxygens (including phenoxy) is 1. The molecule has 0 aliphatic carbocycles. The summed E-state index contributed by atoms with van der Waals surface area (Å²) in [4.78, 5) is 12.6. The number of nitrogens with zero attached hydrogens (tertiary/aromatic N) is 2. The van der Waals surface area contributed by atoms with Crippen LogP contribution in [-0.4, -0.2) is 15.7 Å². The molecule has 5 nitrogen and oxygen atoms in total. The van der Waals surface area contributed by atoms with Crippen LogP contribution in [-0.2, 0) is 13.2 Å². The van der Waals surface area contributed by atoms with Crippen LogP contribution in [0.4, 0.5) is 0 Å². The summed E-state index contributed by atoms with van der Waals surface area (Å²) in [5.74, 6) is 0.707. The van der Waals surface area contributed by atoms with E-state index in [4.69, 9.17) is 4.74 Å². The highest BCUT2D eigenvalue weighted by Crippen LogP contribution is 2.19. The summed E-state index contributed by atoms with van der Waals surface area (Å²) >= 11 is 3.41. The average molecular weight is 442 g/mol. The standard InChI is InChI=1S/C22H24BrN3O2/c1-4-26-13-21(16(3)25-26)15(2)24-22(27)18-7-5-17(6-8-18)14-28-20-11-9-19(23)10-12-20/h5-13,15H,4,14H2,1-3H3,(H,24,27). The van der Waals surface area contributed by atoms with E-state index in [2.05, 4.69) is 26.3 Å². The minimum atomic E-state index is -0.104. The highest BCUT2D eigenvalue weighted by Gasteiger charge is 2.15. The van der Waals surface area contributed by atoms with E-state index in [9.17, 15) is 4.79 Å². The Bertz CT molecular complexity index is 933. The van der Waals surface area contributed by atoms with Crippen LogP contribution >= 0.6 is 15.9 Å². The van der Waals surface area contributed by atoms with Crippen molar-refractivity contribution in [2.24, 2.45) is 0 Å². The number of benzene rings is 2. The third-order valence-corrected chi connectivity index (χ3v) is 5.09. The molecule has 0 saturated heterocycles. The molecule has 0 radical (unpaired) electrons. The topological polar surface area (TPSA) is 56.2 Å². The third kappa shape index (κ3) is 5.01. The third-order valence-electron chi connectivity index (χ3n) is 4.56. The van der Waals surface area contributed by atoms with Crippen molar-refractivity contribution in [3.63, 3.8) is 0 Å². The maximum atomic E-state index is 12.6. The predicted octanol–water partition coefficient (Wildman–Crippen LogP) is 5.04. The number of hydrogen-bond donors (Lipinski definition) is 1. The molecule has 1 N–H and O–H groups in total. The van der Waals surface area contributed by atoms with Gasteiger partial charge in [0.05, 0.1) is 11.7 Å². The Kier molecular flexibility index (Phi) is 6.52. The Morgan fingerprint density at radius 3 is 2.46 bits per heavy atom. The first-order chi connectivity index (χ1) is 13.5. The van der Waals surface area contributed by atoms with E-state index in [1.807, 2.05) is 80.2 Å². The van der Waals surface area contributed by atoms with E-state index in [1.165, 1.54) is 0 Å². The van der Waals surface area contributed by atoms with Crippen LogP contribution in [0.2, 0.25) is 0 Å². The number of halogens is 1. The zero-order valence-corrected chi connectivity index (χ0v) is 17.9. The molecule has 0 bridgehead atoms. The predicted molar refractivity (Wildman–Crippen MR) is 113 cm³/mol. The lowest BCUT2D eigenvalue weighted by Gasteiger charge is -2.13. The zero-order chi connectivity index (χ0) is 20.1. The van der Waals surface area contributed by atoms with Crippen molar-refractivity contribution in [3.8, 4) is 5.75 Å². The van der Waals surface area contributed by atoms with Crippen molar-refractivity contribution in [2.45, 2.75) is 40.0 Å². The molecule has 6 heteroatoms. The van der Waals surface area contributed by atoms with Crippen LogP contribution in [0, 0.1) is 6.92 Å². The molecule has 1 aromatic heterocycles. The van der Waals surface area contributed by atoms with Gasteiger partial charge in [0.15, 0.2) is 0 Å². The number of hydrogen-bond acceptors (Lipinski definition) is 3. The van der Waals surface area contributed by atoms with Crippen molar-refractivity contribution in [3.05, 3.63) is 81.6 Å². The monoisotopic (exact) mass is 441 g/mol. The minimum absolute atomic E-state index is 0.100. The normalized spacial score (nSPS) is 11.9. The second-order valence-electron chi connectivity index (χ2n) is 6.66. The molecule has 0 spiro atoms. The van der Waals surface area contributed by atoms with Crippen molar-refractivity contribution >= 4 is 21.8 Å². The van der Waals surface area contributed by atoms with Gasteiger partial charge in [-0.15, -0.1) is 0 Å². The molecule has 0 aliphatic rings. The highest BCUT2D eigenvalue weighted by molar-refractivity contribution is 9.10. The Balaban J connectivity index is 1.58. The minimum Gasteiger partial charge on any atom is -0.489 e. The first-order valence-corrected chi connectivity index (χ1v) is 10.1. The maximum absolute atomic E-state index is 12.6. The van der Waals surface area contributed by atoms with E-state index >= 15 is 0 Å². The molecule has 2 aromatic carbocycles. The lowest BCUT2D eigenvalue weighted by atomic mass is 10.1. The van der Waals surface area contributed by atoms with Gasteiger partial charge in [-0.3, -0.25) is 9.48 Å². The van der Waals surface area contributed by atoms with E-state index < -0.39 is 0 Å². The molecule has 146 valence electrons. The molecule has 1 unspecified atom stereocenters. The van der Waals surface area contributed by atoms with Crippen molar-refractivity contribution < 1.29 is 9.53 Å². The number of amides is 1. The second kappa shape index (κ2) is 9.06. The molecule has 1 atom stereocenters. The van der Waals surface area contributed by atoms with Gasteiger partial charge in [0.2, 0.25) is 0 Å². The summed E-state index contributed by atoms with van der Waals surface area (Å²) in [6, 6.07) is 15.1. The Labute approximate surface area is 173 Å². The van der Waals surface area contributed by atoms with Gasteiger partial charge in [0.1, 0.15) is 12.4 Å². The van der Waals surface area contributed by atoms with Crippen LogP contribution in [0.1, 0.15) is 47.1 Å². The number of carbonyl (C=O) groups is 1. The molecular weight excluding hydrogens is 418 g/mol. The van der Waals surface area contributed by atoms with Gasteiger partial charge in [0, 0.05) is 28.3 Å². The zero-order valence-electron chi connectivity index (χ0n) is 16.3. The van der Waals surface area contributed by atoms with Crippen LogP contribution in [0.15, 0.2) is 59.2 Å². The lowest BCUT2D eigenvalue weighted by Crippen LogP contribution is -2.26. The number of carbonyl (C=O) groups excluding carboxylic acids is 1. The maximum Gasteiger partial charge on any atom is 0.251 e. The SMILES string of the molecule is CCn1cc(C(C)NC(=O)c2ccc(COc3ccc(Br)cc3)cc2)c(C)n1. The van der Waals surface area contributed by atoms with E-state index in [-0.39, 0.29) is 11.9 Å². The first-order valence-electron chi connectivity index (χ1n) is 9.28. The van der Waals surface area contributed by atoms with Gasteiger partial charge in [-0.05, 0) is 62.7 Å². The molecule has 0 fully saturated rings. The largest absolute Gasteiger partial charge is 0.489 e. The summed E-state index contributed by atoms with van der Waals surface area (Å²) in [7, 11) is 0. The molecule has 0 saturated carbocycles. The summed E-state index contributed by atoms with van der Waals surface area (Å²) in [6.07, 6.45) is 1.99. The molecule has 3 aromatic rings. The number of rotatable bonds is 7. The number of aromatic nitrogens is 2. The van der Waals surface area contributed by atoms with E-state index in [0.29, 0.717) is 12.2 Å². The lowest BCUT2D eigenvalue weighted by molar-refractivity contribution is 0.0939. The summed E-state index contributed by atoms with van der Waals surface area (Å²) < 4.78 is 8.66. The van der Waals surface area contributed by atoms with Crippen molar-refractivity contribution in [2.75, 3.05) is 0 Å². The van der Waals surface area contributed by atoms with E-state index in [1.54, 1.807) is 0 Å². The van der Waals surface area contributed by atoms with Crippen LogP contribution in [0.5, 0.6) is 5.75 Å². The van der Waals surface area contributed by atoms with Gasteiger partial charge in [-0.1, -0.05) is 28.1 Å². The van der Waals surface area contributed by atoms with Crippen molar-refractivity contribution in [1.82, 2.24) is 15.1 Å². The fourth-order valence-electron chi connectivity index (χ4n) is 2.93. The van der Waals surface area contributed by atoms with Gasteiger partial charge < -0.3 is 10.1 Å². The summed E-state index contributed by atoms with van der Waals surface area (Å²) in [5, 5.41) is 7.49. The number of nitrogens with one attached hydrogen (secondary N) is 1. The smallest absolute Gasteiger partial charge is 0.251 e. The van der Waals surface area contributed by atoms with E-state index in [0.717, 1.165) is 33.6 Å². The van der Waals surface area contributed by atoms with Crippen LogP contribution in [0.3, 0.4) is 0 Å². The Morgan fingerprint density at radius 2 is 1.86 bits per heavy atom. The molecule has 1 heterocycles. The fraction of sp³-hybridized carbons (Fsp3) is 0.273. The fourth-order valence-corrected chi connectivity index (χ4v) is 3.19. The van der Waals surface area contributed by atoms with Crippen LogP contribution in [0.25, 0.3) is 0 Å². The van der Waals surface area contributed by atoms with Gasteiger partial charge in [-0.25, -0.2) is 0 Å². The molecule has 1 amide bonds. The van der Waals surface area contributed by atoms with Gasteiger partial charge in [0.25, 0.3) is 5.91 Å². The summed E-state index contributed by atoms with van der Waals surface area (Å²) in [5.41, 5.74) is 3.61. The highest BCUT2D eigenvalue weighted by atomic mass is 79.9. The Morgan fingerprint density at radius 1 is 1.18 bits per heavy atom. The first kappa shape index (κ1) is 20.1. The Hall–Kier alpha value is -2.60. The molecule has 28 heavy (non-hydrogen) atoms. The summed E-state index contributed by atoms with van der Waals surface area (Å²) in [6.45, 7) is 7.24. The quantitative estimate of drug-likeness (QED) is 0.558.